The Hall–Kier alpha value is -1.29. The van der Waals surface area contributed by atoms with Gasteiger partial charge in [-0.15, -0.1) is 0 Å². The predicted molar refractivity (Wildman–Crippen MR) is 73.8 cm³/mol. The maximum Gasteiger partial charge on any atom is 0.318 e. The van der Waals surface area contributed by atoms with E-state index in [1.807, 2.05) is 32.0 Å². The minimum Gasteiger partial charge on any atom is -0.338 e. The molecule has 0 saturated heterocycles. The van der Waals surface area contributed by atoms with Crippen molar-refractivity contribution >= 4 is 22.0 Å². The van der Waals surface area contributed by atoms with E-state index in [0.717, 1.165) is 16.5 Å². The van der Waals surface area contributed by atoms with Gasteiger partial charge < -0.3 is 10.6 Å². The Balaban J connectivity index is 2.28. The highest BCUT2D eigenvalue weighted by atomic mass is 79.9. The molecule has 0 aliphatic heterocycles. The predicted octanol–water partition coefficient (Wildman–Crippen LogP) is 3.21. The molecule has 0 aromatic heterocycles. The van der Waals surface area contributed by atoms with Crippen molar-refractivity contribution in [2.45, 2.75) is 20.3 Å². The van der Waals surface area contributed by atoms with E-state index in [1.54, 1.807) is 6.20 Å². The maximum atomic E-state index is 11.3. The van der Waals surface area contributed by atoms with Crippen molar-refractivity contribution in [3.8, 4) is 0 Å². The second-order valence-corrected chi connectivity index (χ2v) is 4.92. The van der Waals surface area contributed by atoms with Crippen LogP contribution in [-0.2, 0) is 6.42 Å². The minimum atomic E-state index is -0.166. The molecule has 1 aromatic rings. The van der Waals surface area contributed by atoms with E-state index in [0.29, 0.717) is 6.54 Å². The molecule has 2 N–H and O–H groups in total. The number of urea groups is 1. The number of rotatable bonds is 4. The van der Waals surface area contributed by atoms with Crippen molar-refractivity contribution in [1.29, 1.82) is 0 Å². The van der Waals surface area contributed by atoms with Crippen LogP contribution < -0.4 is 10.6 Å². The van der Waals surface area contributed by atoms with Crippen molar-refractivity contribution in [1.82, 2.24) is 10.6 Å². The fourth-order valence-corrected chi connectivity index (χ4v) is 1.72. The van der Waals surface area contributed by atoms with Gasteiger partial charge in [0.1, 0.15) is 0 Å². The molecule has 0 aliphatic carbocycles. The second kappa shape index (κ2) is 7.12. The summed E-state index contributed by atoms with van der Waals surface area (Å²) in [4.78, 5) is 11.3. The molecule has 0 bridgehead atoms. The maximum absolute atomic E-state index is 11.3. The topological polar surface area (TPSA) is 41.1 Å². The Kier molecular flexibility index (Phi) is 5.77. The van der Waals surface area contributed by atoms with Crippen LogP contribution in [0.3, 0.4) is 0 Å². The van der Waals surface area contributed by atoms with E-state index in [9.17, 15) is 4.79 Å². The third-order valence-electron chi connectivity index (χ3n) is 2.08. The first-order valence-corrected chi connectivity index (χ1v) is 6.29. The zero-order chi connectivity index (χ0) is 12.7. The van der Waals surface area contributed by atoms with Gasteiger partial charge in [0.25, 0.3) is 0 Å². The van der Waals surface area contributed by atoms with Gasteiger partial charge in [-0.2, -0.15) is 0 Å². The van der Waals surface area contributed by atoms with Gasteiger partial charge in [-0.05, 0) is 38.0 Å². The van der Waals surface area contributed by atoms with Crippen LogP contribution in [0.25, 0.3) is 0 Å². The number of hydrogen-bond donors (Lipinski definition) is 2. The smallest absolute Gasteiger partial charge is 0.318 e. The van der Waals surface area contributed by atoms with Crippen LogP contribution in [0.15, 0.2) is 40.5 Å². The summed E-state index contributed by atoms with van der Waals surface area (Å²) >= 11 is 3.42. The summed E-state index contributed by atoms with van der Waals surface area (Å²) < 4.78 is 1.06. The molecular weight excluding hydrogens is 280 g/mol. The van der Waals surface area contributed by atoms with E-state index in [-0.39, 0.29) is 6.03 Å². The van der Waals surface area contributed by atoms with Gasteiger partial charge in [-0.25, -0.2) is 4.79 Å². The third-order valence-corrected chi connectivity index (χ3v) is 2.57. The lowest BCUT2D eigenvalue weighted by molar-refractivity contribution is 0.244. The highest BCUT2D eigenvalue weighted by Gasteiger charge is 1.98. The first-order valence-electron chi connectivity index (χ1n) is 5.50. The van der Waals surface area contributed by atoms with Gasteiger partial charge in [-0.1, -0.05) is 33.6 Å². The number of benzene rings is 1. The van der Waals surface area contributed by atoms with Gasteiger partial charge in [-0.3, -0.25) is 0 Å². The van der Waals surface area contributed by atoms with Gasteiger partial charge >= 0.3 is 6.03 Å². The molecule has 0 aliphatic rings. The summed E-state index contributed by atoms with van der Waals surface area (Å²) in [6.07, 6.45) is 2.51. The summed E-state index contributed by atoms with van der Waals surface area (Å²) in [5.74, 6) is 0. The summed E-state index contributed by atoms with van der Waals surface area (Å²) in [6, 6.07) is 7.90. The summed E-state index contributed by atoms with van der Waals surface area (Å²) in [5, 5.41) is 5.45. The molecule has 4 heteroatoms. The molecule has 1 rings (SSSR count). The Bertz CT molecular complexity index is 412. The molecule has 3 nitrogen and oxygen atoms in total. The zero-order valence-corrected chi connectivity index (χ0v) is 11.7. The Morgan fingerprint density at radius 1 is 1.41 bits per heavy atom. The molecule has 0 fully saturated rings. The first kappa shape index (κ1) is 13.8. The molecule has 1 aromatic carbocycles. The van der Waals surface area contributed by atoms with Gasteiger partial charge in [0.2, 0.25) is 0 Å². The largest absolute Gasteiger partial charge is 0.338 e. The molecular formula is C13H17BrN2O. The molecule has 2 amide bonds. The molecule has 0 radical (unpaired) electrons. The highest BCUT2D eigenvalue weighted by molar-refractivity contribution is 9.10. The normalized spacial score (nSPS) is 9.59. The van der Waals surface area contributed by atoms with Gasteiger partial charge in [0, 0.05) is 17.2 Å². The number of allylic oxidation sites excluding steroid dienone is 1. The van der Waals surface area contributed by atoms with Crippen LogP contribution in [-0.4, -0.2) is 12.6 Å². The highest BCUT2D eigenvalue weighted by Crippen LogP contribution is 2.11. The Morgan fingerprint density at radius 3 is 2.82 bits per heavy atom. The SMILES string of the molecule is CC(C)=CNC(=O)NCCc1cccc(Br)c1. The Labute approximate surface area is 110 Å². The van der Waals surface area contributed by atoms with Crippen LogP contribution in [0.2, 0.25) is 0 Å². The monoisotopic (exact) mass is 296 g/mol. The molecule has 0 atom stereocenters. The molecule has 92 valence electrons. The number of hydrogen-bond acceptors (Lipinski definition) is 1. The van der Waals surface area contributed by atoms with Gasteiger partial charge in [0.05, 0.1) is 0 Å². The van der Waals surface area contributed by atoms with Crippen LogP contribution in [0.5, 0.6) is 0 Å². The van der Waals surface area contributed by atoms with E-state index in [1.165, 1.54) is 5.56 Å². The summed E-state index contributed by atoms with van der Waals surface area (Å²) in [6.45, 7) is 4.49. The molecule has 0 heterocycles. The number of carbonyl (C=O) groups excluding carboxylic acids is 1. The van der Waals surface area contributed by atoms with E-state index in [2.05, 4.69) is 32.6 Å². The van der Waals surface area contributed by atoms with Crippen molar-refractivity contribution in [3.63, 3.8) is 0 Å². The quantitative estimate of drug-likeness (QED) is 0.880. The lowest BCUT2D eigenvalue weighted by Crippen LogP contribution is -2.33. The van der Waals surface area contributed by atoms with E-state index < -0.39 is 0 Å². The Morgan fingerprint density at radius 2 is 2.18 bits per heavy atom. The molecule has 17 heavy (non-hydrogen) atoms. The van der Waals surface area contributed by atoms with Crippen molar-refractivity contribution in [3.05, 3.63) is 46.1 Å². The molecule has 0 spiro atoms. The second-order valence-electron chi connectivity index (χ2n) is 4.00. The van der Waals surface area contributed by atoms with E-state index in [4.69, 9.17) is 0 Å². The minimum absolute atomic E-state index is 0.166. The number of halogens is 1. The standard InChI is InChI=1S/C13H17BrN2O/c1-10(2)9-16-13(17)15-7-6-11-4-3-5-12(14)8-11/h3-5,8-9H,6-7H2,1-2H3,(H2,15,16,17). The zero-order valence-electron chi connectivity index (χ0n) is 10.1. The number of carbonyl (C=O) groups is 1. The number of nitrogens with one attached hydrogen (secondary N) is 2. The summed E-state index contributed by atoms with van der Waals surface area (Å²) in [5.41, 5.74) is 2.26. The van der Waals surface area contributed by atoms with Crippen LogP contribution >= 0.6 is 15.9 Å². The lowest BCUT2D eigenvalue weighted by Gasteiger charge is -2.05. The lowest BCUT2D eigenvalue weighted by atomic mass is 10.1. The van der Waals surface area contributed by atoms with Crippen molar-refractivity contribution in [2.24, 2.45) is 0 Å². The first-order chi connectivity index (χ1) is 8.08. The number of amides is 2. The van der Waals surface area contributed by atoms with Crippen molar-refractivity contribution in [2.75, 3.05) is 6.54 Å². The molecule has 0 saturated carbocycles. The van der Waals surface area contributed by atoms with Crippen LogP contribution in [0.4, 0.5) is 4.79 Å². The third kappa shape index (κ3) is 6.12. The fraction of sp³-hybridized carbons (Fsp3) is 0.308. The van der Waals surface area contributed by atoms with Crippen LogP contribution in [0, 0.1) is 0 Å². The van der Waals surface area contributed by atoms with Gasteiger partial charge in [0.15, 0.2) is 0 Å². The average molecular weight is 297 g/mol. The fourth-order valence-electron chi connectivity index (χ4n) is 1.27. The van der Waals surface area contributed by atoms with Crippen molar-refractivity contribution < 1.29 is 4.79 Å². The van der Waals surface area contributed by atoms with E-state index >= 15 is 0 Å². The summed E-state index contributed by atoms with van der Waals surface area (Å²) in [7, 11) is 0. The average Bonchev–Trinajstić information content (AvgIpc) is 2.26. The molecule has 0 unspecified atom stereocenters. The van der Waals surface area contributed by atoms with Crippen LogP contribution in [0.1, 0.15) is 19.4 Å².